The second-order valence-corrected chi connectivity index (χ2v) is 9.00. The molecule has 27 heavy (non-hydrogen) atoms. The van der Waals surface area contributed by atoms with Crippen LogP contribution in [0.1, 0.15) is 18.5 Å². The van der Waals surface area contributed by atoms with Crippen molar-refractivity contribution in [3.05, 3.63) is 57.0 Å². The van der Waals surface area contributed by atoms with Crippen LogP contribution in [0.2, 0.25) is 15.1 Å². The lowest BCUT2D eigenvalue weighted by molar-refractivity contribution is 0.0881. The second kappa shape index (κ2) is 9.84. The number of piperazine rings is 1. The van der Waals surface area contributed by atoms with Crippen LogP contribution in [0.25, 0.3) is 0 Å². The first kappa shape index (κ1) is 21.3. The van der Waals surface area contributed by atoms with Crippen LogP contribution in [-0.2, 0) is 0 Å². The molecule has 1 unspecified atom stereocenters. The first-order chi connectivity index (χ1) is 13.0. The zero-order valence-corrected chi connectivity index (χ0v) is 18.3. The second-order valence-electron chi connectivity index (χ2n) is 6.64. The van der Waals surface area contributed by atoms with Crippen molar-refractivity contribution < 1.29 is 5.11 Å². The van der Waals surface area contributed by atoms with Gasteiger partial charge in [-0.25, -0.2) is 0 Å². The van der Waals surface area contributed by atoms with E-state index in [1.807, 2.05) is 24.3 Å². The van der Waals surface area contributed by atoms with Crippen molar-refractivity contribution in [2.24, 2.45) is 0 Å². The van der Waals surface area contributed by atoms with Gasteiger partial charge >= 0.3 is 0 Å². The molecule has 1 heterocycles. The zero-order valence-electron chi connectivity index (χ0n) is 15.2. The Hall–Kier alpha value is -0.460. The van der Waals surface area contributed by atoms with Gasteiger partial charge in [0.05, 0.1) is 16.7 Å². The van der Waals surface area contributed by atoms with E-state index in [9.17, 15) is 0 Å². The summed E-state index contributed by atoms with van der Waals surface area (Å²) in [6.45, 7) is 7.09. The van der Waals surface area contributed by atoms with Gasteiger partial charge in [0, 0.05) is 53.6 Å². The summed E-state index contributed by atoms with van der Waals surface area (Å²) in [7, 11) is 0. The summed E-state index contributed by atoms with van der Waals surface area (Å²) < 4.78 is 0. The fourth-order valence-electron chi connectivity index (χ4n) is 3.32. The Morgan fingerprint density at radius 3 is 2.41 bits per heavy atom. The highest BCUT2D eigenvalue weighted by molar-refractivity contribution is 7.99. The molecule has 0 radical (unpaired) electrons. The highest BCUT2D eigenvalue weighted by Crippen LogP contribution is 2.38. The predicted molar refractivity (Wildman–Crippen MR) is 116 cm³/mol. The highest BCUT2D eigenvalue weighted by Gasteiger charge is 2.24. The molecule has 0 amide bonds. The molecule has 146 valence electrons. The van der Waals surface area contributed by atoms with Gasteiger partial charge in [-0.15, -0.1) is 0 Å². The molecule has 3 rings (SSSR count). The minimum Gasteiger partial charge on any atom is -0.395 e. The van der Waals surface area contributed by atoms with E-state index in [-0.39, 0.29) is 12.6 Å². The number of hydrogen-bond donors (Lipinski definition) is 1. The van der Waals surface area contributed by atoms with Gasteiger partial charge in [0.15, 0.2) is 0 Å². The molecule has 2 aromatic rings. The van der Waals surface area contributed by atoms with Crippen LogP contribution >= 0.6 is 46.6 Å². The summed E-state index contributed by atoms with van der Waals surface area (Å²) in [5.74, 6) is 0. The van der Waals surface area contributed by atoms with Gasteiger partial charge in [-0.1, -0.05) is 46.6 Å². The molecule has 0 aromatic heterocycles. The lowest BCUT2D eigenvalue weighted by Crippen LogP contribution is -2.47. The van der Waals surface area contributed by atoms with E-state index < -0.39 is 0 Å². The maximum absolute atomic E-state index is 9.12. The fraction of sp³-hybridized carbons (Fsp3) is 0.400. The molecule has 1 N–H and O–H groups in total. The van der Waals surface area contributed by atoms with Crippen molar-refractivity contribution in [1.82, 2.24) is 9.80 Å². The molecule has 0 bridgehead atoms. The maximum Gasteiger partial charge on any atom is 0.0603 e. The summed E-state index contributed by atoms with van der Waals surface area (Å²) in [4.78, 5) is 6.99. The Kier molecular flexibility index (Phi) is 7.74. The number of nitrogens with zero attached hydrogens (tertiary/aromatic N) is 2. The third-order valence-corrected chi connectivity index (χ3v) is 6.97. The molecule has 0 aliphatic carbocycles. The summed E-state index contributed by atoms with van der Waals surface area (Å²) in [6, 6.07) is 12.0. The van der Waals surface area contributed by atoms with E-state index in [4.69, 9.17) is 39.9 Å². The van der Waals surface area contributed by atoms with Crippen LogP contribution in [0.5, 0.6) is 0 Å². The Bertz CT molecular complexity index is 782. The van der Waals surface area contributed by atoms with Gasteiger partial charge in [0.25, 0.3) is 0 Å². The lowest BCUT2D eigenvalue weighted by Gasteiger charge is -2.38. The molecule has 2 aromatic carbocycles. The van der Waals surface area contributed by atoms with Crippen molar-refractivity contribution in [3.8, 4) is 0 Å². The van der Waals surface area contributed by atoms with Crippen molar-refractivity contribution in [3.63, 3.8) is 0 Å². The van der Waals surface area contributed by atoms with E-state index in [0.717, 1.165) is 42.6 Å². The smallest absolute Gasteiger partial charge is 0.0603 e. The summed E-state index contributed by atoms with van der Waals surface area (Å²) in [5.41, 5.74) is 1.22. The Balaban J connectivity index is 1.78. The third-order valence-electron chi connectivity index (χ3n) is 4.91. The van der Waals surface area contributed by atoms with Crippen molar-refractivity contribution in [1.29, 1.82) is 0 Å². The van der Waals surface area contributed by atoms with Crippen LogP contribution in [0, 0.1) is 0 Å². The van der Waals surface area contributed by atoms with E-state index >= 15 is 0 Å². The Morgan fingerprint density at radius 2 is 1.74 bits per heavy atom. The number of β-amino-alcohol motifs (C(OH)–C–C–N with tert-alkyl or cyclic N) is 1. The monoisotopic (exact) mass is 444 g/mol. The number of aliphatic hydroxyl groups excluding tert-OH is 1. The van der Waals surface area contributed by atoms with E-state index in [0.29, 0.717) is 10.0 Å². The molecule has 1 aliphatic rings. The van der Waals surface area contributed by atoms with E-state index in [2.05, 4.69) is 28.9 Å². The first-order valence-electron chi connectivity index (χ1n) is 8.97. The van der Waals surface area contributed by atoms with Crippen LogP contribution in [0.3, 0.4) is 0 Å². The molecule has 0 spiro atoms. The van der Waals surface area contributed by atoms with Gasteiger partial charge in [-0.05, 0) is 48.9 Å². The number of hydrogen-bond acceptors (Lipinski definition) is 4. The van der Waals surface area contributed by atoms with Gasteiger partial charge < -0.3 is 5.11 Å². The highest BCUT2D eigenvalue weighted by atomic mass is 35.5. The summed E-state index contributed by atoms with van der Waals surface area (Å²) in [5, 5.41) is 11.0. The van der Waals surface area contributed by atoms with E-state index in [1.165, 1.54) is 10.5 Å². The molecular formula is C20H23Cl3N2OS. The van der Waals surface area contributed by atoms with Gasteiger partial charge in [0.2, 0.25) is 0 Å². The van der Waals surface area contributed by atoms with Gasteiger partial charge in [0.1, 0.15) is 0 Å². The summed E-state index contributed by atoms with van der Waals surface area (Å²) in [6.07, 6.45) is 0. The van der Waals surface area contributed by atoms with Crippen LogP contribution in [0.4, 0.5) is 0 Å². The number of halogens is 3. The minimum absolute atomic E-state index is 0.217. The summed E-state index contributed by atoms with van der Waals surface area (Å²) >= 11 is 20.2. The Morgan fingerprint density at radius 1 is 1.00 bits per heavy atom. The Labute approximate surface area is 180 Å². The molecule has 1 fully saturated rings. The average Bonchev–Trinajstić information content (AvgIpc) is 2.66. The fourth-order valence-corrected chi connectivity index (χ4v) is 4.91. The van der Waals surface area contributed by atoms with Crippen molar-refractivity contribution >= 4 is 46.6 Å². The van der Waals surface area contributed by atoms with Crippen LogP contribution in [-0.4, -0.2) is 54.2 Å². The average molecular weight is 446 g/mol. The number of benzene rings is 2. The van der Waals surface area contributed by atoms with Gasteiger partial charge in [-0.2, -0.15) is 0 Å². The topological polar surface area (TPSA) is 26.7 Å². The predicted octanol–water partition coefficient (Wildman–Crippen LogP) is 5.47. The van der Waals surface area contributed by atoms with Crippen LogP contribution < -0.4 is 0 Å². The molecule has 1 aliphatic heterocycles. The van der Waals surface area contributed by atoms with Crippen molar-refractivity contribution in [2.75, 3.05) is 39.3 Å². The quantitative estimate of drug-likeness (QED) is 0.638. The van der Waals surface area contributed by atoms with Gasteiger partial charge in [-0.3, -0.25) is 9.80 Å². The molecule has 3 nitrogen and oxygen atoms in total. The molecule has 1 atom stereocenters. The molecule has 0 saturated carbocycles. The number of rotatable bonds is 6. The molecular weight excluding hydrogens is 423 g/mol. The number of aliphatic hydroxyl groups is 1. The van der Waals surface area contributed by atoms with Crippen LogP contribution in [0.15, 0.2) is 46.2 Å². The standard InChI is InChI=1S/C20H23Cl3N2OS/c1-14(25-8-6-24(7-9-25)10-11-26)17-12-15(21)2-5-20(17)27-16-3-4-18(22)19(23)13-16/h2-5,12-14,26H,6-11H2,1H3. The zero-order chi connectivity index (χ0) is 19.4. The molecule has 7 heteroatoms. The first-order valence-corrected chi connectivity index (χ1v) is 10.9. The SMILES string of the molecule is CC(c1cc(Cl)ccc1Sc1ccc(Cl)c(Cl)c1)N1CCN(CCO)CC1. The molecule has 1 saturated heterocycles. The largest absolute Gasteiger partial charge is 0.395 e. The third kappa shape index (κ3) is 5.54. The minimum atomic E-state index is 0.217. The van der Waals surface area contributed by atoms with Crippen molar-refractivity contribution in [2.45, 2.75) is 22.8 Å². The van der Waals surface area contributed by atoms with E-state index in [1.54, 1.807) is 11.8 Å². The maximum atomic E-state index is 9.12. The lowest BCUT2D eigenvalue weighted by atomic mass is 10.1. The normalized spacial score (nSPS) is 17.2.